The van der Waals surface area contributed by atoms with Crippen molar-refractivity contribution in [3.8, 4) is 0 Å². The van der Waals surface area contributed by atoms with E-state index in [4.69, 9.17) is 10.8 Å². The van der Waals surface area contributed by atoms with Crippen LogP contribution in [0.1, 0.15) is 38.1 Å². The first kappa shape index (κ1) is 21.9. The van der Waals surface area contributed by atoms with E-state index in [1.54, 1.807) is 23.5 Å². The van der Waals surface area contributed by atoms with Crippen LogP contribution in [0, 0.1) is 10.1 Å². The fourth-order valence-electron chi connectivity index (χ4n) is 1.81. The van der Waals surface area contributed by atoms with E-state index in [0.29, 0.717) is 24.3 Å². The van der Waals surface area contributed by atoms with Crippen molar-refractivity contribution in [2.45, 2.75) is 40.7 Å². The molecule has 0 radical (unpaired) electrons. The van der Waals surface area contributed by atoms with E-state index in [2.05, 4.69) is 5.32 Å². The normalized spacial score (nSPS) is 9.21. The van der Waals surface area contributed by atoms with Gasteiger partial charge >= 0.3 is 0 Å². The van der Waals surface area contributed by atoms with Crippen molar-refractivity contribution in [2.24, 2.45) is 0 Å². The minimum Gasteiger partial charge on any atom is -0.399 e. The molecule has 0 aliphatic rings. The zero-order valence-corrected chi connectivity index (χ0v) is 15.5. The Morgan fingerprint density at radius 1 is 1.25 bits per heavy atom. The van der Waals surface area contributed by atoms with E-state index < -0.39 is 4.92 Å². The number of anilines is 2. The highest BCUT2D eigenvalue weighted by Gasteiger charge is 2.13. The molecule has 0 saturated carbocycles. The van der Waals surface area contributed by atoms with Gasteiger partial charge in [-0.3, -0.25) is 10.1 Å². The van der Waals surface area contributed by atoms with Gasteiger partial charge in [0.05, 0.1) is 4.92 Å². The molecule has 0 atom stereocenters. The molecule has 0 amide bonds. The van der Waals surface area contributed by atoms with Crippen LogP contribution < -0.4 is 11.1 Å². The number of thiophene rings is 1. The maximum Gasteiger partial charge on any atom is 0.294 e. The fraction of sp³-hybridized carbons (Fsp3) is 0.412. The Hall–Kier alpha value is -2.12. The predicted octanol–water partition coefficient (Wildman–Crippen LogP) is 4.44. The van der Waals surface area contributed by atoms with Gasteiger partial charge in [0, 0.05) is 29.8 Å². The molecule has 4 N–H and O–H groups in total. The monoisotopic (exact) mass is 353 g/mol. The van der Waals surface area contributed by atoms with Gasteiger partial charge in [0.25, 0.3) is 5.69 Å². The maximum absolute atomic E-state index is 11.0. The molecular formula is C17H27N3O3S. The molecule has 0 aliphatic carbocycles. The highest BCUT2D eigenvalue weighted by atomic mass is 32.1. The number of nitrogens with zero attached hydrogens (tertiary/aromatic N) is 1. The van der Waals surface area contributed by atoms with Crippen molar-refractivity contribution in [1.82, 2.24) is 0 Å². The average Bonchev–Trinajstić information content (AvgIpc) is 3.05. The Kier molecular flexibility index (Phi) is 11.2. The molecule has 1 aromatic carbocycles. The summed E-state index contributed by atoms with van der Waals surface area (Å²) in [6, 6.07) is 6.56. The van der Waals surface area contributed by atoms with Crippen LogP contribution in [0.15, 0.2) is 29.6 Å². The SMILES string of the molecule is CC.CC.Nc1ccc(NCc2cc(CCO)cs2)c([N+](=O)[O-])c1. The Bertz CT molecular complexity index is 615. The number of hydrogen-bond donors (Lipinski definition) is 3. The van der Waals surface area contributed by atoms with Crippen molar-refractivity contribution in [3.05, 3.63) is 50.2 Å². The van der Waals surface area contributed by atoms with Crippen molar-refractivity contribution in [3.63, 3.8) is 0 Å². The zero-order chi connectivity index (χ0) is 18.5. The van der Waals surface area contributed by atoms with Crippen LogP contribution >= 0.6 is 11.3 Å². The number of rotatable bonds is 6. The van der Waals surface area contributed by atoms with Gasteiger partial charge in [0.1, 0.15) is 5.69 Å². The van der Waals surface area contributed by atoms with Crippen LogP contribution in [0.4, 0.5) is 17.1 Å². The third-order valence-electron chi connectivity index (χ3n) is 2.78. The second-order valence-electron chi connectivity index (χ2n) is 4.28. The summed E-state index contributed by atoms with van der Waals surface area (Å²) < 4.78 is 0. The third kappa shape index (κ3) is 6.97. The second-order valence-corrected chi connectivity index (χ2v) is 5.28. The fourth-order valence-corrected chi connectivity index (χ4v) is 2.67. The molecule has 6 nitrogen and oxygen atoms in total. The zero-order valence-electron chi connectivity index (χ0n) is 14.7. The van der Waals surface area contributed by atoms with Crippen LogP contribution in [-0.4, -0.2) is 16.6 Å². The van der Waals surface area contributed by atoms with E-state index in [0.717, 1.165) is 10.4 Å². The molecule has 0 fully saturated rings. The summed E-state index contributed by atoms with van der Waals surface area (Å²) >= 11 is 1.56. The molecule has 24 heavy (non-hydrogen) atoms. The van der Waals surface area contributed by atoms with Gasteiger partial charge in [-0.25, -0.2) is 0 Å². The summed E-state index contributed by atoms with van der Waals surface area (Å²) in [6.45, 7) is 8.62. The number of nitro groups is 1. The summed E-state index contributed by atoms with van der Waals surface area (Å²) in [4.78, 5) is 11.6. The number of nitro benzene ring substituents is 1. The van der Waals surface area contributed by atoms with Crippen molar-refractivity contribution < 1.29 is 10.0 Å². The molecule has 1 aromatic heterocycles. The van der Waals surface area contributed by atoms with Gasteiger partial charge in [-0.05, 0) is 35.6 Å². The highest BCUT2D eigenvalue weighted by molar-refractivity contribution is 7.10. The molecule has 134 valence electrons. The van der Waals surface area contributed by atoms with Crippen molar-refractivity contribution in [1.29, 1.82) is 0 Å². The lowest BCUT2D eigenvalue weighted by molar-refractivity contribution is -0.383. The second kappa shape index (κ2) is 12.3. The number of aliphatic hydroxyl groups is 1. The molecule has 0 unspecified atom stereocenters. The van der Waals surface area contributed by atoms with Crippen molar-refractivity contribution >= 4 is 28.4 Å². The first-order valence-electron chi connectivity index (χ1n) is 8.05. The van der Waals surface area contributed by atoms with E-state index >= 15 is 0 Å². The van der Waals surface area contributed by atoms with E-state index in [1.807, 2.05) is 39.1 Å². The number of benzene rings is 1. The predicted molar refractivity (Wildman–Crippen MR) is 103 cm³/mol. The van der Waals surface area contributed by atoms with Gasteiger partial charge in [-0.15, -0.1) is 11.3 Å². The number of nitrogens with two attached hydrogens (primary N) is 1. The Morgan fingerprint density at radius 3 is 2.50 bits per heavy atom. The molecule has 0 bridgehead atoms. The number of nitrogen functional groups attached to an aromatic ring is 1. The van der Waals surface area contributed by atoms with Crippen LogP contribution in [0.5, 0.6) is 0 Å². The molecule has 7 heteroatoms. The molecule has 0 spiro atoms. The summed E-state index contributed by atoms with van der Waals surface area (Å²) in [7, 11) is 0. The minimum absolute atomic E-state index is 0.0304. The third-order valence-corrected chi connectivity index (χ3v) is 3.77. The lowest BCUT2D eigenvalue weighted by Crippen LogP contribution is -2.02. The average molecular weight is 353 g/mol. The summed E-state index contributed by atoms with van der Waals surface area (Å²) in [5.74, 6) is 0. The van der Waals surface area contributed by atoms with Crippen LogP contribution in [0.25, 0.3) is 0 Å². The van der Waals surface area contributed by atoms with Crippen LogP contribution in [0.3, 0.4) is 0 Å². The number of aliphatic hydroxyl groups excluding tert-OH is 1. The van der Waals surface area contributed by atoms with Gasteiger partial charge in [-0.1, -0.05) is 27.7 Å². The van der Waals surface area contributed by atoms with Crippen LogP contribution in [-0.2, 0) is 13.0 Å². The van der Waals surface area contributed by atoms with E-state index in [9.17, 15) is 10.1 Å². The van der Waals surface area contributed by atoms with Gasteiger partial charge < -0.3 is 16.2 Å². The minimum atomic E-state index is -0.454. The van der Waals surface area contributed by atoms with E-state index in [1.165, 1.54) is 6.07 Å². The smallest absolute Gasteiger partial charge is 0.294 e. The lowest BCUT2D eigenvalue weighted by atomic mass is 10.2. The summed E-state index contributed by atoms with van der Waals surface area (Å²) in [6.07, 6.45) is 0.624. The quantitative estimate of drug-likeness (QED) is 0.405. The largest absolute Gasteiger partial charge is 0.399 e. The Labute approximate surface area is 147 Å². The lowest BCUT2D eigenvalue weighted by Gasteiger charge is -2.06. The van der Waals surface area contributed by atoms with Gasteiger partial charge in [0.15, 0.2) is 0 Å². The van der Waals surface area contributed by atoms with Gasteiger partial charge in [0.2, 0.25) is 0 Å². The van der Waals surface area contributed by atoms with Gasteiger partial charge in [-0.2, -0.15) is 0 Å². The molecule has 2 aromatic rings. The standard InChI is InChI=1S/C13H15N3O3S.2C2H6/c14-10-1-2-12(13(6-10)16(18)19)15-7-11-5-9(3-4-17)8-20-11;2*1-2/h1-2,5-6,8,15,17H,3-4,7,14H2;2*1-2H3. The number of hydrogen-bond acceptors (Lipinski definition) is 6. The molecular weight excluding hydrogens is 326 g/mol. The Morgan fingerprint density at radius 2 is 1.92 bits per heavy atom. The summed E-state index contributed by atoms with van der Waals surface area (Å²) in [5, 5.41) is 24.8. The number of nitrogens with one attached hydrogen (secondary N) is 1. The molecule has 2 rings (SSSR count). The van der Waals surface area contributed by atoms with Crippen LogP contribution in [0.2, 0.25) is 0 Å². The molecule has 1 heterocycles. The van der Waals surface area contributed by atoms with E-state index in [-0.39, 0.29) is 12.3 Å². The topological polar surface area (TPSA) is 101 Å². The summed E-state index contributed by atoms with van der Waals surface area (Å²) in [5.41, 5.74) is 7.41. The first-order chi connectivity index (χ1) is 11.6. The Balaban J connectivity index is 0.00000123. The molecule has 0 saturated heterocycles. The van der Waals surface area contributed by atoms with Crippen molar-refractivity contribution in [2.75, 3.05) is 17.7 Å². The highest BCUT2D eigenvalue weighted by Crippen LogP contribution is 2.27. The maximum atomic E-state index is 11.0. The first-order valence-corrected chi connectivity index (χ1v) is 8.93. The molecule has 0 aliphatic heterocycles.